The van der Waals surface area contributed by atoms with Crippen LogP contribution in [0.4, 0.5) is 5.69 Å². The Kier molecular flexibility index (Phi) is 4.02. The first kappa shape index (κ1) is 17.7. The van der Waals surface area contributed by atoms with E-state index in [1.54, 1.807) is 0 Å². The maximum Gasteiger partial charge on any atom is 0.236 e. The van der Waals surface area contributed by atoms with Gasteiger partial charge in [-0.25, -0.2) is 0 Å². The van der Waals surface area contributed by atoms with Crippen LogP contribution < -0.4 is 10.6 Å². The summed E-state index contributed by atoms with van der Waals surface area (Å²) in [6, 6.07) is 27.4. The van der Waals surface area contributed by atoms with Gasteiger partial charge in [-0.2, -0.15) is 0 Å². The Morgan fingerprint density at radius 3 is 2.28 bits per heavy atom. The minimum absolute atomic E-state index is 0.0814. The molecule has 29 heavy (non-hydrogen) atoms. The number of benzene rings is 3. The van der Waals surface area contributed by atoms with Gasteiger partial charge in [0.05, 0.1) is 17.4 Å². The van der Waals surface area contributed by atoms with E-state index >= 15 is 0 Å². The van der Waals surface area contributed by atoms with Crippen molar-refractivity contribution in [3.8, 4) is 0 Å². The first-order valence-electron chi connectivity index (χ1n) is 9.95. The molecule has 4 heteroatoms. The normalized spacial score (nSPS) is 25.2. The Labute approximate surface area is 170 Å². The summed E-state index contributed by atoms with van der Waals surface area (Å²) in [5.41, 5.74) is 2.96. The highest BCUT2D eigenvalue weighted by Crippen LogP contribution is 2.69. The quantitative estimate of drug-likeness (QED) is 0.712. The van der Waals surface area contributed by atoms with E-state index in [-0.39, 0.29) is 23.8 Å². The van der Waals surface area contributed by atoms with E-state index in [1.165, 1.54) is 0 Å². The van der Waals surface area contributed by atoms with E-state index in [1.807, 2.05) is 91.9 Å². The van der Waals surface area contributed by atoms with Gasteiger partial charge in [0.1, 0.15) is 0 Å². The number of fused-ring (bicyclic) bond motifs is 2. The zero-order valence-electron chi connectivity index (χ0n) is 16.1. The first-order chi connectivity index (χ1) is 14.1. The Morgan fingerprint density at radius 1 is 0.931 bits per heavy atom. The number of para-hydroxylation sites is 1. The smallest absolute Gasteiger partial charge is 0.236 e. The monoisotopic (exact) mass is 382 g/mol. The molecule has 0 unspecified atom stereocenters. The van der Waals surface area contributed by atoms with Crippen molar-refractivity contribution >= 4 is 17.5 Å². The lowest BCUT2D eigenvalue weighted by atomic mass is 9.91. The Morgan fingerprint density at radius 2 is 1.55 bits per heavy atom. The summed E-state index contributed by atoms with van der Waals surface area (Å²) < 4.78 is 0. The minimum atomic E-state index is -0.835. The van der Waals surface area contributed by atoms with Crippen molar-refractivity contribution in [2.45, 2.75) is 24.3 Å². The highest BCUT2D eigenvalue weighted by Gasteiger charge is 2.76. The van der Waals surface area contributed by atoms with Gasteiger partial charge in [0.2, 0.25) is 11.8 Å². The van der Waals surface area contributed by atoms with E-state index in [4.69, 9.17) is 0 Å². The van der Waals surface area contributed by atoms with Crippen LogP contribution in [-0.2, 0) is 15.0 Å². The van der Waals surface area contributed by atoms with Crippen molar-refractivity contribution in [3.05, 3.63) is 102 Å². The van der Waals surface area contributed by atoms with E-state index in [0.717, 1.165) is 22.4 Å². The molecule has 0 radical (unpaired) electrons. The molecule has 1 aliphatic heterocycles. The molecule has 3 aromatic carbocycles. The zero-order valence-corrected chi connectivity index (χ0v) is 16.1. The number of rotatable bonds is 4. The van der Waals surface area contributed by atoms with Crippen molar-refractivity contribution in [1.29, 1.82) is 0 Å². The van der Waals surface area contributed by atoms with Crippen LogP contribution in [0.25, 0.3) is 0 Å². The van der Waals surface area contributed by atoms with Gasteiger partial charge >= 0.3 is 0 Å². The van der Waals surface area contributed by atoms with Gasteiger partial charge in [-0.05, 0) is 29.7 Å². The van der Waals surface area contributed by atoms with Gasteiger partial charge < -0.3 is 10.6 Å². The SMILES string of the molecule is C[C@H](NC(=O)[C@H]1[C@H](c2ccccc2)[C@]12C(=O)Nc1ccccc12)c1ccccc1. The molecule has 0 aromatic heterocycles. The molecule has 0 bridgehead atoms. The molecule has 1 spiro atoms. The molecular weight excluding hydrogens is 360 g/mol. The highest BCUT2D eigenvalue weighted by molar-refractivity contribution is 6.14. The Hall–Kier alpha value is -3.40. The number of carbonyl (C=O) groups excluding carboxylic acids is 2. The van der Waals surface area contributed by atoms with E-state index < -0.39 is 11.3 Å². The third-order valence-corrected chi connectivity index (χ3v) is 6.30. The Balaban J connectivity index is 1.52. The van der Waals surface area contributed by atoms with Gasteiger partial charge in [-0.3, -0.25) is 9.59 Å². The lowest BCUT2D eigenvalue weighted by Gasteiger charge is -2.15. The first-order valence-corrected chi connectivity index (χ1v) is 9.95. The van der Waals surface area contributed by atoms with Crippen LogP contribution in [0.5, 0.6) is 0 Å². The largest absolute Gasteiger partial charge is 0.349 e. The van der Waals surface area contributed by atoms with Crippen LogP contribution in [0.1, 0.15) is 35.6 Å². The van der Waals surface area contributed by atoms with Crippen molar-refractivity contribution < 1.29 is 9.59 Å². The molecule has 1 saturated carbocycles. The van der Waals surface area contributed by atoms with Crippen LogP contribution in [0, 0.1) is 5.92 Å². The topological polar surface area (TPSA) is 58.2 Å². The summed E-state index contributed by atoms with van der Waals surface area (Å²) in [7, 11) is 0. The molecule has 0 saturated heterocycles. The second kappa shape index (κ2) is 6.59. The van der Waals surface area contributed by atoms with E-state index in [9.17, 15) is 9.59 Å². The number of amides is 2. The molecule has 5 rings (SSSR count). The van der Waals surface area contributed by atoms with Crippen LogP contribution >= 0.6 is 0 Å². The van der Waals surface area contributed by atoms with Crippen LogP contribution in [0.15, 0.2) is 84.9 Å². The number of hydrogen-bond donors (Lipinski definition) is 2. The van der Waals surface area contributed by atoms with Crippen molar-refractivity contribution in [1.82, 2.24) is 5.32 Å². The predicted octanol–water partition coefficient (Wildman–Crippen LogP) is 4.17. The summed E-state index contributed by atoms with van der Waals surface area (Å²) >= 11 is 0. The molecule has 3 aromatic rings. The average molecular weight is 382 g/mol. The summed E-state index contributed by atoms with van der Waals surface area (Å²) in [6.45, 7) is 1.97. The number of nitrogens with one attached hydrogen (secondary N) is 2. The number of anilines is 1. The molecule has 1 fully saturated rings. The summed E-state index contributed by atoms with van der Waals surface area (Å²) in [6.07, 6.45) is 0. The fourth-order valence-electron chi connectivity index (χ4n) is 4.91. The molecule has 2 N–H and O–H groups in total. The second-order valence-electron chi connectivity index (χ2n) is 7.88. The predicted molar refractivity (Wildman–Crippen MR) is 112 cm³/mol. The van der Waals surface area contributed by atoms with Gasteiger partial charge in [-0.15, -0.1) is 0 Å². The zero-order chi connectivity index (χ0) is 20.0. The fourth-order valence-corrected chi connectivity index (χ4v) is 4.91. The van der Waals surface area contributed by atoms with E-state index in [0.29, 0.717) is 0 Å². The maximum absolute atomic E-state index is 13.4. The maximum atomic E-state index is 13.4. The molecule has 1 heterocycles. The van der Waals surface area contributed by atoms with Crippen molar-refractivity contribution in [2.24, 2.45) is 5.92 Å². The van der Waals surface area contributed by atoms with E-state index in [2.05, 4.69) is 10.6 Å². The number of carbonyl (C=O) groups is 2. The standard InChI is InChI=1S/C25H22N2O2/c1-16(17-10-4-2-5-11-17)26-23(28)22-21(18-12-6-3-7-13-18)25(22)19-14-8-9-15-20(19)27-24(25)29/h2-16,21-22H,1H3,(H,26,28)(H,27,29)/t16-,21-,22+,25-/m0/s1. The summed E-state index contributed by atoms with van der Waals surface area (Å²) in [5, 5.41) is 6.14. The van der Waals surface area contributed by atoms with Gasteiger partial charge in [0.25, 0.3) is 0 Å². The minimum Gasteiger partial charge on any atom is -0.349 e. The molecule has 1 aliphatic carbocycles. The highest BCUT2D eigenvalue weighted by atomic mass is 16.2. The Bertz CT molecular complexity index is 1080. The van der Waals surface area contributed by atoms with Crippen LogP contribution in [0.3, 0.4) is 0 Å². The van der Waals surface area contributed by atoms with Crippen molar-refractivity contribution in [3.63, 3.8) is 0 Å². The fraction of sp³-hybridized carbons (Fsp3) is 0.200. The third kappa shape index (κ3) is 2.59. The van der Waals surface area contributed by atoms with Gasteiger partial charge in [0, 0.05) is 11.6 Å². The lowest BCUT2D eigenvalue weighted by molar-refractivity contribution is -0.126. The molecular formula is C25H22N2O2. The molecule has 4 nitrogen and oxygen atoms in total. The van der Waals surface area contributed by atoms with Gasteiger partial charge in [0.15, 0.2) is 0 Å². The average Bonchev–Trinajstić information content (AvgIpc) is 3.38. The molecule has 2 aliphatic rings. The summed E-state index contributed by atoms with van der Waals surface area (Å²) in [5.74, 6) is -0.767. The van der Waals surface area contributed by atoms with Crippen LogP contribution in [-0.4, -0.2) is 11.8 Å². The number of hydrogen-bond acceptors (Lipinski definition) is 2. The summed E-state index contributed by atoms with van der Waals surface area (Å²) in [4.78, 5) is 26.6. The molecule has 4 atom stereocenters. The van der Waals surface area contributed by atoms with Gasteiger partial charge in [-0.1, -0.05) is 78.9 Å². The van der Waals surface area contributed by atoms with Crippen molar-refractivity contribution in [2.75, 3.05) is 5.32 Å². The third-order valence-electron chi connectivity index (χ3n) is 6.30. The van der Waals surface area contributed by atoms with Crippen LogP contribution in [0.2, 0.25) is 0 Å². The second-order valence-corrected chi connectivity index (χ2v) is 7.88. The lowest BCUT2D eigenvalue weighted by Crippen LogP contribution is -2.33. The molecule has 2 amide bonds. The molecule has 144 valence electrons.